The molecule has 0 bridgehead atoms. The summed E-state index contributed by atoms with van der Waals surface area (Å²) in [5, 5.41) is 9.23. The van der Waals surface area contributed by atoms with Crippen molar-refractivity contribution in [1.29, 1.82) is 0 Å². The van der Waals surface area contributed by atoms with E-state index in [0.717, 1.165) is 48.8 Å². The van der Waals surface area contributed by atoms with Crippen molar-refractivity contribution in [3.8, 4) is 11.3 Å². The number of nitrogens with zero attached hydrogens (tertiary/aromatic N) is 2. The maximum absolute atomic E-state index is 9.22. The van der Waals surface area contributed by atoms with E-state index < -0.39 is 0 Å². The maximum atomic E-state index is 9.22. The Kier molecular flexibility index (Phi) is 6.85. The minimum atomic E-state index is -0.333. The molecule has 3 aromatic rings. The molecule has 0 radical (unpaired) electrons. The number of halogens is 1. The zero-order chi connectivity index (χ0) is 19.9. The van der Waals surface area contributed by atoms with Gasteiger partial charge in [-0.15, -0.1) is 0 Å². The monoisotopic (exact) mass is 396 g/mol. The molecule has 0 atom stereocenters. The molecule has 3 N–H and O–H groups in total. The van der Waals surface area contributed by atoms with Gasteiger partial charge in [0, 0.05) is 41.7 Å². The van der Waals surface area contributed by atoms with E-state index in [-0.39, 0.29) is 5.91 Å². The molecule has 1 aromatic heterocycles. The number of amides is 1. The quantitative estimate of drug-likeness (QED) is 0.712. The van der Waals surface area contributed by atoms with Crippen LogP contribution in [0.5, 0.6) is 0 Å². The van der Waals surface area contributed by atoms with Crippen molar-refractivity contribution >= 4 is 17.5 Å². The Hall–Kier alpha value is -2.63. The molecule has 0 saturated heterocycles. The van der Waals surface area contributed by atoms with Crippen LogP contribution >= 0.6 is 11.6 Å². The first-order chi connectivity index (χ1) is 13.5. The van der Waals surface area contributed by atoms with E-state index in [9.17, 15) is 4.79 Å². The molecule has 0 aliphatic carbocycles. The summed E-state index contributed by atoms with van der Waals surface area (Å²) >= 11 is 6.05. The highest BCUT2D eigenvalue weighted by Gasteiger charge is 2.20. The summed E-state index contributed by atoms with van der Waals surface area (Å²) in [7, 11) is 0. The predicted molar refractivity (Wildman–Crippen MR) is 113 cm³/mol. The van der Waals surface area contributed by atoms with Crippen LogP contribution in [0.3, 0.4) is 0 Å². The SMILES string of the molecule is CC(N)=O.Clc1ccc(-c2nn(Cc3ccccc3)c3c2CCNCC3)cc1. The van der Waals surface area contributed by atoms with Crippen LogP contribution in [0.15, 0.2) is 54.6 Å². The number of benzene rings is 2. The van der Waals surface area contributed by atoms with Gasteiger partial charge in [0.1, 0.15) is 0 Å². The number of hydrogen-bond acceptors (Lipinski definition) is 3. The topological polar surface area (TPSA) is 72.9 Å². The lowest BCUT2D eigenvalue weighted by Crippen LogP contribution is -2.17. The molecule has 0 spiro atoms. The standard InChI is InChI=1S/C20H20ClN3.C2H5NO/c21-17-8-6-16(7-9-17)20-18-10-12-22-13-11-19(18)24(23-20)14-15-4-2-1-3-5-15;1-2(3)4/h1-9,22H,10-14H2;1H3,(H2,3,4). The molecule has 0 unspecified atom stereocenters. The molecule has 4 rings (SSSR count). The molecule has 146 valence electrons. The minimum absolute atomic E-state index is 0.333. The van der Waals surface area contributed by atoms with E-state index in [1.807, 2.05) is 12.1 Å². The van der Waals surface area contributed by atoms with Crippen LogP contribution < -0.4 is 11.1 Å². The number of aromatic nitrogens is 2. The van der Waals surface area contributed by atoms with E-state index in [0.29, 0.717) is 0 Å². The Balaban J connectivity index is 0.000000516. The summed E-state index contributed by atoms with van der Waals surface area (Å²) < 4.78 is 2.18. The summed E-state index contributed by atoms with van der Waals surface area (Å²) in [4.78, 5) is 9.22. The van der Waals surface area contributed by atoms with Crippen LogP contribution in [-0.4, -0.2) is 28.8 Å². The molecule has 1 aliphatic heterocycles. The smallest absolute Gasteiger partial charge is 0.214 e. The van der Waals surface area contributed by atoms with Crippen LogP contribution in [0.25, 0.3) is 11.3 Å². The maximum Gasteiger partial charge on any atom is 0.214 e. The molecule has 2 aromatic carbocycles. The van der Waals surface area contributed by atoms with Crippen molar-refractivity contribution < 1.29 is 4.79 Å². The van der Waals surface area contributed by atoms with Crippen molar-refractivity contribution in [2.45, 2.75) is 26.3 Å². The van der Waals surface area contributed by atoms with Gasteiger partial charge in [0.15, 0.2) is 0 Å². The molecule has 6 heteroatoms. The second-order valence-electron chi connectivity index (χ2n) is 6.78. The molecule has 1 aliphatic rings. The van der Waals surface area contributed by atoms with Gasteiger partial charge in [-0.3, -0.25) is 9.48 Å². The van der Waals surface area contributed by atoms with E-state index in [4.69, 9.17) is 16.7 Å². The fraction of sp³-hybridized carbons (Fsp3) is 0.273. The largest absolute Gasteiger partial charge is 0.370 e. The fourth-order valence-corrected chi connectivity index (χ4v) is 3.47. The molecule has 2 heterocycles. The Bertz CT molecular complexity index is 916. The third-order valence-corrected chi connectivity index (χ3v) is 4.80. The van der Waals surface area contributed by atoms with Crippen molar-refractivity contribution in [2.75, 3.05) is 13.1 Å². The molecule has 1 amide bonds. The van der Waals surface area contributed by atoms with Crippen LogP contribution in [0.1, 0.15) is 23.7 Å². The van der Waals surface area contributed by atoms with Crippen molar-refractivity contribution in [3.05, 3.63) is 76.4 Å². The van der Waals surface area contributed by atoms with Gasteiger partial charge in [0.05, 0.1) is 12.2 Å². The first-order valence-electron chi connectivity index (χ1n) is 9.40. The summed E-state index contributed by atoms with van der Waals surface area (Å²) in [6, 6.07) is 18.5. The Labute approximate surface area is 170 Å². The number of nitrogens with two attached hydrogens (primary N) is 1. The average molecular weight is 397 g/mol. The molecular weight excluding hydrogens is 372 g/mol. The van der Waals surface area contributed by atoms with Crippen LogP contribution in [0.2, 0.25) is 5.02 Å². The highest BCUT2D eigenvalue weighted by Crippen LogP contribution is 2.28. The minimum Gasteiger partial charge on any atom is -0.370 e. The van der Waals surface area contributed by atoms with Gasteiger partial charge >= 0.3 is 0 Å². The molecule has 0 saturated carbocycles. The van der Waals surface area contributed by atoms with Gasteiger partial charge in [0.2, 0.25) is 5.91 Å². The number of nitrogens with one attached hydrogen (secondary N) is 1. The van der Waals surface area contributed by atoms with Gasteiger partial charge in [0.25, 0.3) is 0 Å². The van der Waals surface area contributed by atoms with Gasteiger partial charge in [-0.05, 0) is 30.7 Å². The zero-order valence-corrected chi connectivity index (χ0v) is 16.7. The normalized spacial score (nSPS) is 13.1. The van der Waals surface area contributed by atoms with Gasteiger partial charge < -0.3 is 11.1 Å². The van der Waals surface area contributed by atoms with E-state index in [1.54, 1.807) is 0 Å². The number of primary amides is 1. The van der Waals surface area contributed by atoms with Gasteiger partial charge in [-0.1, -0.05) is 54.1 Å². The molecule has 0 fully saturated rings. The third kappa shape index (κ3) is 5.21. The highest BCUT2D eigenvalue weighted by atomic mass is 35.5. The Morgan fingerprint density at radius 2 is 1.75 bits per heavy atom. The molecular formula is C22H25ClN4O. The first-order valence-corrected chi connectivity index (χ1v) is 9.77. The number of carbonyl (C=O) groups excluding carboxylic acids is 1. The average Bonchev–Trinajstić information content (AvgIpc) is 2.85. The van der Waals surface area contributed by atoms with Crippen molar-refractivity contribution in [2.24, 2.45) is 5.73 Å². The second-order valence-corrected chi connectivity index (χ2v) is 7.22. The number of hydrogen-bond donors (Lipinski definition) is 2. The molecule has 28 heavy (non-hydrogen) atoms. The lowest BCUT2D eigenvalue weighted by Gasteiger charge is -2.07. The third-order valence-electron chi connectivity index (χ3n) is 4.55. The number of carbonyl (C=O) groups is 1. The van der Waals surface area contributed by atoms with Gasteiger partial charge in [-0.25, -0.2) is 0 Å². The number of rotatable bonds is 3. The van der Waals surface area contributed by atoms with Crippen molar-refractivity contribution in [3.63, 3.8) is 0 Å². The fourth-order valence-electron chi connectivity index (χ4n) is 3.35. The van der Waals surface area contributed by atoms with Gasteiger partial charge in [-0.2, -0.15) is 5.10 Å². The highest BCUT2D eigenvalue weighted by molar-refractivity contribution is 6.30. The summed E-state index contributed by atoms with van der Waals surface area (Å²) in [5.41, 5.74) is 10.7. The zero-order valence-electron chi connectivity index (χ0n) is 16.0. The summed E-state index contributed by atoms with van der Waals surface area (Å²) in [6.45, 7) is 4.13. The first kappa shape index (κ1) is 20.1. The second kappa shape index (κ2) is 9.53. The van der Waals surface area contributed by atoms with E-state index in [2.05, 4.69) is 58.2 Å². The van der Waals surface area contributed by atoms with Crippen LogP contribution in [0.4, 0.5) is 0 Å². The Morgan fingerprint density at radius 1 is 1.11 bits per heavy atom. The van der Waals surface area contributed by atoms with Crippen molar-refractivity contribution in [1.82, 2.24) is 15.1 Å². The van der Waals surface area contributed by atoms with E-state index >= 15 is 0 Å². The van der Waals surface area contributed by atoms with E-state index in [1.165, 1.54) is 23.7 Å². The van der Waals surface area contributed by atoms with Crippen LogP contribution in [0, 0.1) is 0 Å². The Morgan fingerprint density at radius 3 is 2.43 bits per heavy atom. The van der Waals surface area contributed by atoms with Crippen LogP contribution in [-0.2, 0) is 24.2 Å². The summed E-state index contributed by atoms with van der Waals surface area (Å²) in [5.74, 6) is -0.333. The predicted octanol–water partition coefficient (Wildman–Crippen LogP) is 3.43. The number of fused-ring (bicyclic) bond motifs is 1. The molecule has 5 nitrogen and oxygen atoms in total. The lowest BCUT2D eigenvalue weighted by atomic mass is 10.0. The summed E-state index contributed by atoms with van der Waals surface area (Å²) in [6.07, 6.45) is 2.03. The lowest BCUT2D eigenvalue weighted by molar-refractivity contribution is -0.115.